The molecule has 0 aromatic rings. The van der Waals surface area contributed by atoms with Crippen molar-refractivity contribution < 1.29 is 9.22 Å². The lowest BCUT2D eigenvalue weighted by Gasteiger charge is -2.37. The van der Waals surface area contributed by atoms with Crippen LogP contribution in [-0.2, 0) is 4.74 Å². The van der Waals surface area contributed by atoms with E-state index in [4.69, 9.17) is 4.74 Å². The molecule has 0 N–H and O–H groups in total. The number of unbranched alkanes of at least 4 members (excludes halogenated alkanes) is 1. The quantitative estimate of drug-likeness (QED) is 0.473. The van der Waals surface area contributed by atoms with Crippen LogP contribution in [0.2, 0.25) is 0 Å². The van der Waals surface area contributed by atoms with E-state index >= 15 is 0 Å². The van der Waals surface area contributed by atoms with Crippen LogP contribution in [0.4, 0.5) is 0 Å². The van der Waals surface area contributed by atoms with Crippen LogP contribution in [0.25, 0.3) is 0 Å². The van der Waals surface area contributed by atoms with Crippen molar-refractivity contribution in [3.05, 3.63) is 0 Å². The summed E-state index contributed by atoms with van der Waals surface area (Å²) in [5.74, 6) is 0. The summed E-state index contributed by atoms with van der Waals surface area (Å²) in [4.78, 5) is 0. The minimum atomic E-state index is 0.955. The van der Waals surface area contributed by atoms with E-state index in [1.165, 1.54) is 56.2 Å². The average molecular weight is 200 g/mol. The lowest BCUT2D eigenvalue weighted by Crippen LogP contribution is -2.49. The molecular weight excluding hydrogens is 174 g/mol. The molecule has 0 bridgehead atoms. The summed E-state index contributed by atoms with van der Waals surface area (Å²) in [5.41, 5.74) is 0. The fraction of sp³-hybridized carbons (Fsp3) is 1.00. The van der Waals surface area contributed by atoms with E-state index < -0.39 is 0 Å². The molecule has 2 nitrogen and oxygen atoms in total. The minimum absolute atomic E-state index is 0.955. The number of piperidine rings is 1. The van der Waals surface area contributed by atoms with Gasteiger partial charge in [-0.15, -0.1) is 0 Å². The van der Waals surface area contributed by atoms with E-state index in [-0.39, 0.29) is 0 Å². The monoisotopic (exact) mass is 200 g/mol. The van der Waals surface area contributed by atoms with Gasteiger partial charge in [-0.1, -0.05) is 13.3 Å². The smallest absolute Gasteiger partial charge is 0.102 e. The molecule has 1 aliphatic rings. The Kier molecular flexibility index (Phi) is 5.49. The summed E-state index contributed by atoms with van der Waals surface area (Å²) in [6.07, 6.45) is 6.71. The van der Waals surface area contributed by atoms with Crippen molar-refractivity contribution in [2.75, 3.05) is 39.9 Å². The first kappa shape index (κ1) is 12.0. The second-order valence-corrected chi connectivity index (χ2v) is 4.82. The molecule has 1 aliphatic heterocycles. The summed E-state index contributed by atoms with van der Waals surface area (Å²) in [6.45, 7) is 8.05. The molecule has 0 aromatic heterocycles. The molecule has 0 aliphatic carbocycles. The molecule has 0 amide bonds. The van der Waals surface area contributed by atoms with Gasteiger partial charge in [-0.3, -0.25) is 0 Å². The maximum atomic E-state index is 5.63. The summed E-state index contributed by atoms with van der Waals surface area (Å²) >= 11 is 0. The van der Waals surface area contributed by atoms with Gasteiger partial charge in [-0.05, 0) is 25.7 Å². The SMILES string of the molecule is CCCCOCC[N+]1(C)CCCCC1. The van der Waals surface area contributed by atoms with Crippen molar-refractivity contribution in [3.63, 3.8) is 0 Å². The molecule has 14 heavy (non-hydrogen) atoms. The number of rotatable bonds is 6. The first-order chi connectivity index (χ1) is 6.77. The Morgan fingerprint density at radius 1 is 1.07 bits per heavy atom. The van der Waals surface area contributed by atoms with E-state index in [9.17, 15) is 0 Å². The number of ether oxygens (including phenoxy) is 1. The predicted molar refractivity (Wildman–Crippen MR) is 60.4 cm³/mol. The topological polar surface area (TPSA) is 9.23 Å². The van der Waals surface area contributed by atoms with Crippen LogP contribution in [0.5, 0.6) is 0 Å². The highest BCUT2D eigenvalue weighted by atomic mass is 16.5. The van der Waals surface area contributed by atoms with E-state index in [1.807, 2.05) is 0 Å². The van der Waals surface area contributed by atoms with Gasteiger partial charge in [-0.2, -0.15) is 0 Å². The fourth-order valence-electron chi connectivity index (χ4n) is 2.13. The number of hydrogen-bond acceptors (Lipinski definition) is 1. The average Bonchev–Trinajstić information content (AvgIpc) is 2.18. The molecule has 84 valence electrons. The van der Waals surface area contributed by atoms with Gasteiger partial charge in [0, 0.05) is 6.61 Å². The molecule has 1 saturated heterocycles. The Bertz CT molecular complexity index is 141. The Balaban J connectivity index is 2.03. The maximum absolute atomic E-state index is 5.63. The van der Waals surface area contributed by atoms with E-state index in [0.29, 0.717) is 0 Å². The summed E-state index contributed by atoms with van der Waals surface area (Å²) < 4.78 is 6.87. The zero-order valence-corrected chi connectivity index (χ0v) is 9.93. The van der Waals surface area contributed by atoms with Crippen LogP contribution in [0.15, 0.2) is 0 Å². The molecule has 0 atom stereocenters. The van der Waals surface area contributed by atoms with Crippen LogP contribution in [-0.4, -0.2) is 44.4 Å². The fourth-order valence-corrected chi connectivity index (χ4v) is 2.13. The van der Waals surface area contributed by atoms with Gasteiger partial charge < -0.3 is 9.22 Å². The molecule has 1 fully saturated rings. The first-order valence-electron chi connectivity index (χ1n) is 6.18. The highest BCUT2D eigenvalue weighted by Crippen LogP contribution is 2.15. The van der Waals surface area contributed by atoms with Crippen molar-refractivity contribution in [2.45, 2.75) is 39.0 Å². The highest BCUT2D eigenvalue weighted by Gasteiger charge is 2.23. The summed E-state index contributed by atoms with van der Waals surface area (Å²) in [7, 11) is 2.38. The zero-order valence-electron chi connectivity index (χ0n) is 9.93. The number of likely N-dealkylation sites (N-methyl/N-ethyl adjacent to an activating group) is 1. The van der Waals surface area contributed by atoms with E-state index in [0.717, 1.165) is 13.2 Å². The summed E-state index contributed by atoms with van der Waals surface area (Å²) in [5, 5.41) is 0. The molecule has 0 unspecified atom stereocenters. The number of likely N-dealkylation sites (tertiary alicyclic amines) is 1. The first-order valence-corrected chi connectivity index (χ1v) is 6.18. The van der Waals surface area contributed by atoms with Gasteiger partial charge >= 0.3 is 0 Å². The molecule has 0 aromatic carbocycles. The largest absolute Gasteiger partial charge is 0.376 e. The van der Waals surface area contributed by atoms with E-state index in [1.54, 1.807) is 0 Å². The second kappa shape index (κ2) is 6.41. The third kappa shape index (κ3) is 4.43. The molecule has 0 spiro atoms. The van der Waals surface area contributed by atoms with E-state index in [2.05, 4.69) is 14.0 Å². The Morgan fingerprint density at radius 2 is 1.79 bits per heavy atom. The van der Waals surface area contributed by atoms with Gasteiger partial charge in [0.05, 0.1) is 26.7 Å². The molecule has 1 heterocycles. The third-order valence-corrected chi connectivity index (χ3v) is 3.31. The molecule has 0 radical (unpaired) electrons. The van der Waals surface area contributed by atoms with Gasteiger partial charge in [0.25, 0.3) is 0 Å². The van der Waals surface area contributed by atoms with Gasteiger partial charge in [0.1, 0.15) is 6.54 Å². The number of quaternary nitrogens is 1. The van der Waals surface area contributed by atoms with Crippen LogP contribution in [0.1, 0.15) is 39.0 Å². The van der Waals surface area contributed by atoms with Gasteiger partial charge in [-0.25, -0.2) is 0 Å². The van der Waals surface area contributed by atoms with Crippen molar-refractivity contribution in [1.82, 2.24) is 0 Å². The molecule has 2 heteroatoms. The van der Waals surface area contributed by atoms with Crippen LogP contribution in [0, 0.1) is 0 Å². The second-order valence-electron chi connectivity index (χ2n) is 4.82. The zero-order chi connectivity index (χ0) is 10.3. The van der Waals surface area contributed by atoms with Crippen LogP contribution < -0.4 is 0 Å². The summed E-state index contributed by atoms with van der Waals surface area (Å²) in [6, 6.07) is 0. The Morgan fingerprint density at radius 3 is 2.43 bits per heavy atom. The highest BCUT2D eigenvalue weighted by molar-refractivity contribution is 4.51. The molecular formula is C12H26NO+. The van der Waals surface area contributed by atoms with Crippen molar-refractivity contribution in [3.8, 4) is 0 Å². The maximum Gasteiger partial charge on any atom is 0.102 e. The van der Waals surface area contributed by atoms with Crippen molar-refractivity contribution in [1.29, 1.82) is 0 Å². The predicted octanol–water partition coefficient (Wildman–Crippen LogP) is 2.43. The van der Waals surface area contributed by atoms with Crippen molar-refractivity contribution in [2.24, 2.45) is 0 Å². The molecule has 0 saturated carbocycles. The standard InChI is InChI=1S/C12H26NO/c1-3-4-11-14-12-10-13(2)8-6-5-7-9-13/h3-12H2,1-2H3/q+1. The minimum Gasteiger partial charge on any atom is -0.376 e. The van der Waals surface area contributed by atoms with Crippen molar-refractivity contribution >= 4 is 0 Å². The Hall–Kier alpha value is -0.0800. The molecule has 1 rings (SSSR count). The normalized spacial score (nSPS) is 21.0. The number of hydrogen-bond donors (Lipinski definition) is 0. The van der Waals surface area contributed by atoms with Gasteiger partial charge in [0.15, 0.2) is 0 Å². The lowest BCUT2D eigenvalue weighted by molar-refractivity contribution is -0.914. The van der Waals surface area contributed by atoms with Crippen LogP contribution in [0.3, 0.4) is 0 Å². The third-order valence-electron chi connectivity index (χ3n) is 3.31. The van der Waals surface area contributed by atoms with Gasteiger partial charge in [0.2, 0.25) is 0 Å². The lowest BCUT2D eigenvalue weighted by atomic mass is 10.1. The Labute approximate surface area is 88.8 Å². The number of nitrogens with zero attached hydrogens (tertiary/aromatic N) is 1. The van der Waals surface area contributed by atoms with Crippen LogP contribution >= 0.6 is 0 Å².